The van der Waals surface area contributed by atoms with Crippen molar-refractivity contribution in [3.63, 3.8) is 0 Å². The molecule has 0 spiro atoms. The predicted molar refractivity (Wildman–Crippen MR) is 236 cm³/mol. The van der Waals surface area contributed by atoms with E-state index in [4.69, 9.17) is 127 Å². The summed E-state index contributed by atoms with van der Waals surface area (Å²) in [6, 6.07) is 7.48. The summed E-state index contributed by atoms with van der Waals surface area (Å²) in [5.74, 6) is -2.24. The Hall–Kier alpha value is -2.04. The third-order valence-corrected chi connectivity index (χ3v) is 12.0. The Morgan fingerprint density at radius 1 is 0.769 bits per heavy atom. The second-order valence-electron chi connectivity index (χ2n) is 16.0. The van der Waals surface area contributed by atoms with Crippen LogP contribution in [0.1, 0.15) is 66.2 Å². The molecule has 0 bridgehead atoms. The molecule has 65 heavy (non-hydrogen) atoms. The van der Waals surface area contributed by atoms with Crippen molar-refractivity contribution in [1.82, 2.24) is 10.6 Å². The van der Waals surface area contributed by atoms with E-state index >= 15 is 0 Å². The number of hydrogen-bond acceptors (Lipinski definition) is 15. The highest BCUT2D eigenvalue weighted by molar-refractivity contribution is 6.68. The summed E-state index contributed by atoms with van der Waals surface area (Å²) >= 11 is 35.2. The van der Waals surface area contributed by atoms with Crippen molar-refractivity contribution in [2.75, 3.05) is 33.0 Å². The molecule has 0 saturated carbocycles. The molecule has 0 aromatic heterocycles. The Bertz CT molecular complexity index is 1770. The molecular weight excluding hydrogens is 987 g/mol. The predicted octanol–water partition coefficient (Wildman–Crippen LogP) is 7.96. The van der Waals surface area contributed by atoms with E-state index in [1.165, 1.54) is 6.92 Å². The van der Waals surface area contributed by atoms with Crippen molar-refractivity contribution >= 4 is 87.8 Å². The van der Waals surface area contributed by atoms with Gasteiger partial charge in [-0.3, -0.25) is 4.79 Å². The maximum Gasteiger partial charge on any atom is 0.407 e. The molecule has 7 unspecified atom stereocenters. The molecule has 16 atom stereocenters. The molecule has 1 aromatic carbocycles. The van der Waals surface area contributed by atoms with Crippen LogP contribution in [0.5, 0.6) is 0 Å². The molecule has 4 saturated heterocycles. The minimum absolute atomic E-state index is 0.0208. The SMILES string of the molecule is CCC1O[C@@H](OCCN=[N+]=[N-])C(NC(=O)OCC(Cl)(Cl)Cl)[C@@H](C)[C@@H]1O[C@@H]1OC(CC)[C@@H](O[C@@H]2OC3COC(c4ccccc4)O[C@H]3[C@H](C)C2OC(C)=O)[C@H](C)C1NC(=O)OCC(Cl)(Cl)Cl. The van der Waals surface area contributed by atoms with Crippen LogP contribution in [-0.2, 0) is 56.9 Å². The molecule has 2 N–H and O–H groups in total. The number of ether oxygens (including phenoxy) is 11. The molecule has 4 aliphatic rings. The maximum atomic E-state index is 13.4. The Labute approximate surface area is 407 Å². The number of hydrogen-bond donors (Lipinski definition) is 2. The first kappa shape index (κ1) is 53.9. The molecule has 25 heteroatoms. The van der Waals surface area contributed by atoms with Gasteiger partial charge in [-0.25, -0.2) is 9.59 Å². The summed E-state index contributed by atoms with van der Waals surface area (Å²) in [6.07, 6.45) is -10.3. The smallest absolute Gasteiger partial charge is 0.407 e. The summed E-state index contributed by atoms with van der Waals surface area (Å²) < 4.78 is 64.1. The zero-order chi connectivity index (χ0) is 47.6. The number of nitrogens with zero attached hydrogens (tertiary/aromatic N) is 3. The number of esters is 1. The number of amides is 2. The molecule has 5 rings (SSSR count). The van der Waals surface area contributed by atoms with Gasteiger partial charge in [-0.15, -0.1) is 0 Å². The van der Waals surface area contributed by atoms with Crippen LogP contribution in [0.4, 0.5) is 9.59 Å². The molecule has 4 heterocycles. The average Bonchev–Trinajstić information content (AvgIpc) is 3.25. The van der Waals surface area contributed by atoms with Crippen LogP contribution in [0.2, 0.25) is 0 Å². The van der Waals surface area contributed by atoms with Crippen LogP contribution < -0.4 is 10.6 Å². The summed E-state index contributed by atoms with van der Waals surface area (Å²) in [5.41, 5.74) is 9.61. The zero-order valence-corrected chi connectivity index (χ0v) is 40.9. The first-order valence-electron chi connectivity index (χ1n) is 21.1. The van der Waals surface area contributed by atoms with Gasteiger partial charge in [0, 0.05) is 41.7 Å². The van der Waals surface area contributed by atoms with Crippen LogP contribution in [-0.4, -0.2) is 132 Å². The van der Waals surface area contributed by atoms with Gasteiger partial charge in [-0.05, 0) is 18.4 Å². The molecule has 0 radical (unpaired) electrons. The zero-order valence-electron chi connectivity index (χ0n) is 36.4. The van der Waals surface area contributed by atoms with Crippen LogP contribution in [0.3, 0.4) is 0 Å². The number of carbonyl (C=O) groups excluding carboxylic acids is 3. The van der Waals surface area contributed by atoms with E-state index in [9.17, 15) is 14.4 Å². The highest BCUT2D eigenvalue weighted by atomic mass is 35.6. The van der Waals surface area contributed by atoms with E-state index in [0.717, 1.165) is 5.56 Å². The Balaban J connectivity index is 1.41. The fraction of sp³-hybridized carbons (Fsp3) is 0.775. The third kappa shape index (κ3) is 15.2. The fourth-order valence-electron chi connectivity index (χ4n) is 8.26. The largest absolute Gasteiger partial charge is 0.457 e. The van der Waals surface area contributed by atoms with Crippen molar-refractivity contribution in [2.45, 2.75) is 142 Å². The fourth-order valence-corrected chi connectivity index (χ4v) is 8.59. The molecular formula is C40H55Cl6N5O14. The highest BCUT2D eigenvalue weighted by Gasteiger charge is 2.55. The van der Waals surface area contributed by atoms with E-state index in [0.29, 0.717) is 12.8 Å². The van der Waals surface area contributed by atoms with Crippen molar-refractivity contribution < 1.29 is 66.5 Å². The maximum absolute atomic E-state index is 13.4. The minimum Gasteiger partial charge on any atom is -0.457 e. The van der Waals surface area contributed by atoms with E-state index in [2.05, 4.69) is 20.7 Å². The number of carbonyl (C=O) groups is 3. The van der Waals surface area contributed by atoms with E-state index in [1.807, 2.05) is 58.0 Å². The molecule has 366 valence electrons. The second kappa shape index (κ2) is 24.5. The van der Waals surface area contributed by atoms with Gasteiger partial charge < -0.3 is 62.7 Å². The quantitative estimate of drug-likeness (QED) is 0.0305. The van der Waals surface area contributed by atoms with Gasteiger partial charge in [0.2, 0.25) is 7.59 Å². The van der Waals surface area contributed by atoms with Gasteiger partial charge in [-0.2, -0.15) is 0 Å². The molecule has 0 aliphatic carbocycles. The third-order valence-electron chi connectivity index (χ3n) is 11.4. The molecule has 1 aromatic rings. The first-order chi connectivity index (χ1) is 30.7. The van der Waals surface area contributed by atoms with Crippen molar-refractivity contribution in [1.29, 1.82) is 0 Å². The lowest BCUT2D eigenvalue weighted by Crippen LogP contribution is -2.66. The average molecular weight is 1040 g/mol. The minimum atomic E-state index is -1.92. The number of nitrogens with one attached hydrogen (secondary N) is 2. The number of rotatable bonds is 16. The summed E-state index contributed by atoms with van der Waals surface area (Å²) in [6.45, 7) is 9.47. The monoisotopic (exact) mass is 1040 g/mol. The molecule has 4 fully saturated rings. The Morgan fingerprint density at radius 2 is 1.31 bits per heavy atom. The number of alkyl halides is 6. The number of azide groups is 1. The topological polar surface area (TPSA) is 226 Å². The lowest BCUT2D eigenvalue weighted by Gasteiger charge is -2.52. The summed E-state index contributed by atoms with van der Waals surface area (Å²) in [7, 11) is 0. The van der Waals surface area contributed by atoms with Crippen molar-refractivity contribution in [2.24, 2.45) is 22.9 Å². The van der Waals surface area contributed by atoms with E-state index in [1.54, 1.807) is 6.92 Å². The van der Waals surface area contributed by atoms with Crippen molar-refractivity contribution in [3.8, 4) is 0 Å². The van der Waals surface area contributed by atoms with E-state index in [-0.39, 0.29) is 19.8 Å². The van der Waals surface area contributed by atoms with Crippen LogP contribution in [0.25, 0.3) is 10.4 Å². The van der Waals surface area contributed by atoms with Crippen LogP contribution in [0.15, 0.2) is 35.4 Å². The summed E-state index contributed by atoms with van der Waals surface area (Å²) in [5, 5.41) is 9.05. The highest BCUT2D eigenvalue weighted by Crippen LogP contribution is 2.42. The van der Waals surface area contributed by atoms with Crippen LogP contribution in [0, 0.1) is 17.8 Å². The Kier molecular flexibility index (Phi) is 20.3. The normalized spacial score (nSPS) is 35.1. The Morgan fingerprint density at radius 3 is 1.83 bits per heavy atom. The molecule has 2 amide bonds. The standard InChI is InChI=1S/C40H55Cl6N5O14/c1-7-24-29(19(3)27(34(60-24)55-15-14-48-51-47)49-37(53)57-17-39(41,42)43)64-35-28(50-38(54)58-18-40(44,45)46)20(4)30(25(8-2)61-35)65-36-32(59-22(6)52)21(5)31-26(62-36)16-56-33(63-31)23-12-10-9-11-13-23/h9-13,19-21,24-36H,7-8,14-18H2,1-6H3,(H,49,53)(H,50,54)/t19-,20-,21+,24?,25?,26?,27?,28?,29+,30+,31+,32?,33?,34-,35+,36+/m1/s1. The lowest BCUT2D eigenvalue weighted by atomic mass is 9.85. The van der Waals surface area contributed by atoms with Crippen molar-refractivity contribution in [3.05, 3.63) is 46.3 Å². The van der Waals surface area contributed by atoms with E-state index < -0.39 is 137 Å². The summed E-state index contributed by atoms with van der Waals surface area (Å²) in [4.78, 5) is 41.8. The van der Waals surface area contributed by atoms with Gasteiger partial charge in [0.1, 0.15) is 19.3 Å². The van der Waals surface area contributed by atoms with Gasteiger partial charge in [0.05, 0.1) is 55.8 Å². The first-order valence-corrected chi connectivity index (χ1v) is 23.4. The number of alkyl carbamates (subject to hydrolysis) is 2. The van der Waals surface area contributed by atoms with Gasteiger partial charge >= 0.3 is 18.2 Å². The molecule has 4 aliphatic heterocycles. The lowest BCUT2D eigenvalue weighted by molar-refractivity contribution is -0.374. The van der Waals surface area contributed by atoms with Gasteiger partial charge in [-0.1, -0.05) is 140 Å². The molecule has 19 nitrogen and oxygen atoms in total. The van der Waals surface area contributed by atoms with Gasteiger partial charge in [0.15, 0.2) is 31.3 Å². The number of benzene rings is 1. The number of fused-ring (bicyclic) bond motifs is 1. The van der Waals surface area contributed by atoms with Gasteiger partial charge in [0.25, 0.3) is 0 Å². The van der Waals surface area contributed by atoms with Crippen LogP contribution >= 0.6 is 69.6 Å². The second-order valence-corrected chi connectivity index (χ2v) is 21.1. The number of halogens is 6.